The highest BCUT2D eigenvalue weighted by molar-refractivity contribution is 5.41. The first-order chi connectivity index (χ1) is 10.3. The van der Waals surface area contributed by atoms with Gasteiger partial charge in [-0.25, -0.2) is 0 Å². The lowest BCUT2D eigenvalue weighted by molar-refractivity contribution is -0.154. The van der Waals surface area contributed by atoms with Crippen LogP contribution in [-0.2, 0) is 5.60 Å². The second-order valence-corrected chi connectivity index (χ2v) is 5.52. The molecule has 1 heterocycles. The maximum atomic E-state index is 12.4. The van der Waals surface area contributed by atoms with Crippen LogP contribution in [0.25, 0.3) is 0 Å². The van der Waals surface area contributed by atoms with Crippen molar-refractivity contribution < 1.29 is 27.8 Å². The van der Waals surface area contributed by atoms with Gasteiger partial charge in [0, 0.05) is 19.2 Å². The lowest BCUT2D eigenvalue weighted by Gasteiger charge is -2.38. The quantitative estimate of drug-likeness (QED) is 0.926. The SMILES string of the molecule is COc1cc(OC)cc(C2(O)CCN(CC(F)(F)F)CC2)c1. The zero-order valence-electron chi connectivity index (χ0n) is 12.6. The van der Waals surface area contributed by atoms with Crippen molar-refractivity contribution in [1.82, 2.24) is 4.90 Å². The number of nitrogens with zero attached hydrogens (tertiary/aromatic N) is 1. The second-order valence-electron chi connectivity index (χ2n) is 5.52. The molecule has 22 heavy (non-hydrogen) atoms. The van der Waals surface area contributed by atoms with E-state index in [0.29, 0.717) is 17.1 Å². The fourth-order valence-electron chi connectivity index (χ4n) is 2.70. The molecule has 4 nitrogen and oxygen atoms in total. The minimum absolute atomic E-state index is 0.190. The number of alkyl halides is 3. The van der Waals surface area contributed by atoms with E-state index in [4.69, 9.17) is 9.47 Å². The molecular weight excluding hydrogens is 299 g/mol. The molecule has 0 radical (unpaired) electrons. The Labute approximate surface area is 127 Å². The average Bonchev–Trinajstić information content (AvgIpc) is 2.48. The molecule has 124 valence electrons. The molecule has 1 aromatic rings. The molecule has 0 bridgehead atoms. The standard InChI is InChI=1S/C15H20F3NO3/c1-21-12-7-11(8-13(9-12)22-2)14(20)3-5-19(6-4-14)10-15(16,17)18/h7-9,20H,3-6,10H2,1-2H3. The Balaban J connectivity index is 2.13. The highest BCUT2D eigenvalue weighted by Crippen LogP contribution is 2.37. The van der Waals surface area contributed by atoms with Crippen LogP contribution in [0.3, 0.4) is 0 Å². The Bertz CT molecular complexity index is 489. The fourth-order valence-corrected chi connectivity index (χ4v) is 2.70. The molecule has 1 N–H and O–H groups in total. The summed E-state index contributed by atoms with van der Waals surface area (Å²) in [5.41, 5.74) is -0.556. The smallest absolute Gasteiger partial charge is 0.401 e. The topological polar surface area (TPSA) is 41.9 Å². The first-order valence-electron chi connectivity index (χ1n) is 7.01. The average molecular weight is 319 g/mol. The van der Waals surface area contributed by atoms with Crippen LogP contribution in [0.1, 0.15) is 18.4 Å². The van der Waals surface area contributed by atoms with Gasteiger partial charge < -0.3 is 14.6 Å². The summed E-state index contributed by atoms with van der Waals surface area (Å²) < 4.78 is 47.6. The second kappa shape index (κ2) is 6.34. The van der Waals surface area contributed by atoms with Gasteiger partial charge in [0.25, 0.3) is 0 Å². The molecule has 1 fully saturated rings. The Morgan fingerprint density at radius 1 is 1.09 bits per heavy atom. The summed E-state index contributed by atoms with van der Waals surface area (Å²) in [6.07, 6.45) is -3.74. The molecule has 0 saturated carbocycles. The van der Waals surface area contributed by atoms with Crippen LogP contribution in [0, 0.1) is 0 Å². The van der Waals surface area contributed by atoms with Crippen molar-refractivity contribution in [1.29, 1.82) is 0 Å². The van der Waals surface area contributed by atoms with E-state index in [-0.39, 0.29) is 25.9 Å². The Kier molecular flexibility index (Phi) is 4.87. The maximum Gasteiger partial charge on any atom is 0.401 e. The van der Waals surface area contributed by atoms with Crippen LogP contribution in [0.5, 0.6) is 11.5 Å². The Hall–Kier alpha value is -1.47. The van der Waals surface area contributed by atoms with Gasteiger partial charge in [0.2, 0.25) is 0 Å². The van der Waals surface area contributed by atoms with E-state index in [0.717, 1.165) is 0 Å². The van der Waals surface area contributed by atoms with Gasteiger partial charge in [-0.15, -0.1) is 0 Å². The number of rotatable bonds is 4. The number of halogens is 3. The molecule has 0 spiro atoms. The predicted octanol–water partition coefficient (Wildman–Crippen LogP) is 2.55. The molecule has 0 unspecified atom stereocenters. The molecule has 7 heteroatoms. The summed E-state index contributed by atoms with van der Waals surface area (Å²) in [4.78, 5) is 1.31. The van der Waals surface area contributed by atoms with Crippen molar-refractivity contribution in [3.63, 3.8) is 0 Å². The van der Waals surface area contributed by atoms with E-state index in [1.54, 1.807) is 18.2 Å². The number of ether oxygens (including phenoxy) is 2. The van der Waals surface area contributed by atoms with E-state index >= 15 is 0 Å². The normalized spacial score (nSPS) is 19.0. The summed E-state index contributed by atoms with van der Waals surface area (Å²) in [6.45, 7) is -0.560. The Morgan fingerprint density at radius 3 is 2.00 bits per heavy atom. The van der Waals surface area contributed by atoms with Gasteiger partial charge in [-0.3, -0.25) is 4.90 Å². The molecule has 0 atom stereocenters. The van der Waals surface area contributed by atoms with Gasteiger partial charge in [-0.05, 0) is 30.5 Å². The van der Waals surface area contributed by atoms with Crippen LogP contribution in [0.4, 0.5) is 13.2 Å². The third-order valence-corrected chi connectivity index (χ3v) is 3.97. The van der Waals surface area contributed by atoms with Crippen LogP contribution in [0.15, 0.2) is 18.2 Å². The van der Waals surface area contributed by atoms with Gasteiger partial charge in [0.1, 0.15) is 11.5 Å². The number of aliphatic hydroxyl groups is 1. The molecule has 1 aliphatic heterocycles. The number of piperidine rings is 1. The lowest BCUT2D eigenvalue weighted by Crippen LogP contribution is -2.45. The molecule has 1 aliphatic rings. The number of benzene rings is 1. The summed E-state index contributed by atoms with van der Waals surface area (Å²) in [5, 5.41) is 10.8. The number of hydrogen-bond acceptors (Lipinski definition) is 4. The number of methoxy groups -OCH3 is 2. The highest BCUT2D eigenvalue weighted by Gasteiger charge is 2.38. The van der Waals surface area contributed by atoms with E-state index < -0.39 is 18.3 Å². The molecule has 0 amide bonds. The van der Waals surface area contributed by atoms with Crippen molar-refractivity contribution in [2.24, 2.45) is 0 Å². The summed E-state index contributed by atoms with van der Waals surface area (Å²) in [5.74, 6) is 1.08. The summed E-state index contributed by atoms with van der Waals surface area (Å²) in [7, 11) is 3.02. The van der Waals surface area contributed by atoms with Gasteiger partial charge in [0.15, 0.2) is 0 Å². The van der Waals surface area contributed by atoms with Gasteiger partial charge in [0.05, 0.1) is 26.4 Å². The van der Waals surface area contributed by atoms with Crippen molar-refractivity contribution in [2.45, 2.75) is 24.6 Å². The minimum atomic E-state index is -4.21. The number of hydrogen-bond donors (Lipinski definition) is 1. The Morgan fingerprint density at radius 2 is 1.59 bits per heavy atom. The van der Waals surface area contributed by atoms with Crippen LogP contribution < -0.4 is 9.47 Å². The summed E-state index contributed by atoms with van der Waals surface area (Å²) in [6, 6.07) is 5.08. The maximum absolute atomic E-state index is 12.4. The van der Waals surface area contributed by atoms with Crippen molar-refractivity contribution >= 4 is 0 Å². The molecule has 2 rings (SSSR count). The zero-order valence-corrected chi connectivity index (χ0v) is 12.6. The zero-order chi connectivity index (χ0) is 16.4. The molecule has 0 aromatic heterocycles. The van der Waals surface area contributed by atoms with E-state index in [9.17, 15) is 18.3 Å². The van der Waals surface area contributed by atoms with Crippen molar-refractivity contribution in [3.05, 3.63) is 23.8 Å². The van der Waals surface area contributed by atoms with E-state index in [2.05, 4.69) is 0 Å². The fraction of sp³-hybridized carbons (Fsp3) is 0.600. The van der Waals surface area contributed by atoms with Crippen LogP contribution in [-0.4, -0.2) is 50.0 Å². The van der Waals surface area contributed by atoms with Crippen molar-refractivity contribution in [3.8, 4) is 11.5 Å². The summed E-state index contributed by atoms with van der Waals surface area (Å²) >= 11 is 0. The van der Waals surface area contributed by atoms with Crippen molar-refractivity contribution in [2.75, 3.05) is 33.9 Å². The monoisotopic (exact) mass is 319 g/mol. The predicted molar refractivity (Wildman–Crippen MR) is 75.2 cm³/mol. The molecule has 0 aliphatic carbocycles. The van der Waals surface area contributed by atoms with Gasteiger partial charge in [-0.2, -0.15) is 13.2 Å². The first-order valence-corrected chi connectivity index (χ1v) is 7.01. The van der Waals surface area contributed by atoms with Crippen LogP contribution >= 0.6 is 0 Å². The van der Waals surface area contributed by atoms with Crippen LogP contribution in [0.2, 0.25) is 0 Å². The highest BCUT2D eigenvalue weighted by atomic mass is 19.4. The van der Waals surface area contributed by atoms with E-state index in [1.165, 1.54) is 19.1 Å². The molecule has 1 aromatic carbocycles. The largest absolute Gasteiger partial charge is 0.497 e. The van der Waals surface area contributed by atoms with E-state index in [1.807, 2.05) is 0 Å². The third-order valence-electron chi connectivity index (χ3n) is 3.97. The molecule has 1 saturated heterocycles. The van der Waals surface area contributed by atoms with Gasteiger partial charge in [-0.1, -0.05) is 0 Å². The minimum Gasteiger partial charge on any atom is -0.497 e. The first kappa shape index (κ1) is 16.9. The van der Waals surface area contributed by atoms with Gasteiger partial charge >= 0.3 is 6.18 Å². The third kappa shape index (κ3) is 4.04. The lowest BCUT2D eigenvalue weighted by atomic mass is 9.84. The molecular formula is C15H20F3NO3. The number of likely N-dealkylation sites (tertiary alicyclic amines) is 1.